The van der Waals surface area contributed by atoms with Gasteiger partial charge in [-0.05, 0) is 38.0 Å². The summed E-state index contributed by atoms with van der Waals surface area (Å²) in [7, 11) is -3.15. The first kappa shape index (κ1) is 12.8. The molecule has 86 valence electrons. The summed E-state index contributed by atoms with van der Waals surface area (Å²) in [5, 5.41) is -0.385. The lowest BCUT2D eigenvalue weighted by molar-refractivity contribution is 0.587. The molecule has 0 aliphatic carbocycles. The molecule has 0 unspecified atom stereocenters. The van der Waals surface area contributed by atoms with Crippen molar-refractivity contribution in [3.8, 4) is 12.3 Å². The first-order valence-corrected chi connectivity index (χ1v) is 6.79. The Morgan fingerprint density at radius 3 is 2.25 bits per heavy atom. The Morgan fingerprint density at radius 2 is 1.81 bits per heavy atom. The third-order valence-corrected chi connectivity index (χ3v) is 4.60. The fourth-order valence-electron chi connectivity index (χ4n) is 1.33. The molecule has 0 heterocycles. The standard InChI is InChI=1S/C13H16O2S/c1-4-5-6-12-7-9-13(10-8-12)16(14,15)11(2)3/h1,7-11H,5-6H2,2-3H3. The third kappa shape index (κ3) is 2.86. The summed E-state index contributed by atoms with van der Waals surface area (Å²) < 4.78 is 23.6. The summed E-state index contributed by atoms with van der Waals surface area (Å²) in [5.41, 5.74) is 1.07. The van der Waals surface area contributed by atoms with Crippen molar-refractivity contribution in [3.05, 3.63) is 29.8 Å². The summed E-state index contributed by atoms with van der Waals surface area (Å²) >= 11 is 0. The van der Waals surface area contributed by atoms with Gasteiger partial charge in [0.05, 0.1) is 10.1 Å². The molecule has 1 rings (SSSR count). The molecule has 0 aliphatic rings. The van der Waals surface area contributed by atoms with E-state index in [1.807, 2.05) is 12.1 Å². The first-order chi connectivity index (χ1) is 7.48. The Bertz CT molecular complexity index is 476. The Hall–Kier alpha value is -1.27. The molecule has 0 N–H and O–H groups in total. The van der Waals surface area contributed by atoms with Gasteiger partial charge < -0.3 is 0 Å². The molecule has 0 amide bonds. The quantitative estimate of drug-likeness (QED) is 0.752. The molecule has 2 nitrogen and oxygen atoms in total. The molecule has 0 aliphatic heterocycles. The zero-order chi connectivity index (χ0) is 12.2. The predicted octanol–water partition coefficient (Wildman–Crippen LogP) is 2.43. The Kier molecular flexibility index (Phi) is 4.14. The van der Waals surface area contributed by atoms with Crippen LogP contribution >= 0.6 is 0 Å². The number of benzene rings is 1. The van der Waals surface area contributed by atoms with Crippen molar-refractivity contribution < 1.29 is 8.42 Å². The maximum absolute atomic E-state index is 11.8. The van der Waals surface area contributed by atoms with Crippen LogP contribution in [0, 0.1) is 12.3 Å². The van der Waals surface area contributed by atoms with Gasteiger partial charge in [-0.1, -0.05) is 12.1 Å². The number of rotatable bonds is 4. The lowest BCUT2D eigenvalue weighted by Crippen LogP contribution is -2.13. The van der Waals surface area contributed by atoms with Gasteiger partial charge in [0.15, 0.2) is 9.84 Å². The number of hydrogen-bond acceptors (Lipinski definition) is 2. The minimum atomic E-state index is -3.15. The van der Waals surface area contributed by atoms with Crippen LogP contribution in [0.15, 0.2) is 29.2 Å². The van der Waals surface area contributed by atoms with E-state index in [4.69, 9.17) is 6.42 Å². The monoisotopic (exact) mass is 236 g/mol. The average Bonchev–Trinajstić information content (AvgIpc) is 2.26. The second-order valence-electron chi connectivity index (χ2n) is 3.94. The molecular weight excluding hydrogens is 220 g/mol. The molecule has 0 spiro atoms. The van der Waals surface area contributed by atoms with E-state index < -0.39 is 9.84 Å². The molecule has 0 fully saturated rings. The topological polar surface area (TPSA) is 34.1 Å². The van der Waals surface area contributed by atoms with Crippen molar-refractivity contribution in [2.75, 3.05) is 0 Å². The van der Waals surface area contributed by atoms with E-state index in [2.05, 4.69) is 5.92 Å². The van der Waals surface area contributed by atoms with Crippen LogP contribution < -0.4 is 0 Å². The van der Waals surface area contributed by atoms with Gasteiger partial charge in [0.1, 0.15) is 0 Å². The predicted molar refractivity (Wildman–Crippen MR) is 65.9 cm³/mol. The second kappa shape index (κ2) is 5.18. The van der Waals surface area contributed by atoms with Crippen LogP contribution in [-0.2, 0) is 16.3 Å². The normalized spacial score (nSPS) is 11.4. The summed E-state index contributed by atoms with van der Waals surface area (Å²) in [6.45, 7) is 3.36. The van der Waals surface area contributed by atoms with E-state index in [0.29, 0.717) is 11.3 Å². The summed E-state index contributed by atoms with van der Waals surface area (Å²) in [6.07, 6.45) is 6.64. The van der Waals surface area contributed by atoms with Crippen LogP contribution in [0.1, 0.15) is 25.8 Å². The highest BCUT2D eigenvalue weighted by Gasteiger charge is 2.18. The average molecular weight is 236 g/mol. The van der Waals surface area contributed by atoms with Crippen molar-refractivity contribution in [3.63, 3.8) is 0 Å². The van der Waals surface area contributed by atoms with Gasteiger partial charge in [-0.15, -0.1) is 12.3 Å². The SMILES string of the molecule is C#CCCc1ccc(S(=O)(=O)C(C)C)cc1. The van der Waals surface area contributed by atoms with Crippen LogP contribution in [0.25, 0.3) is 0 Å². The van der Waals surface area contributed by atoms with Crippen LogP contribution in [-0.4, -0.2) is 13.7 Å². The molecule has 1 aromatic carbocycles. The number of hydrogen-bond donors (Lipinski definition) is 0. The fourth-order valence-corrected chi connectivity index (χ4v) is 2.39. The highest BCUT2D eigenvalue weighted by atomic mass is 32.2. The lowest BCUT2D eigenvalue weighted by atomic mass is 10.1. The summed E-state index contributed by atoms with van der Waals surface area (Å²) in [6, 6.07) is 6.96. The van der Waals surface area contributed by atoms with Crippen LogP contribution in [0.5, 0.6) is 0 Å². The highest BCUT2D eigenvalue weighted by molar-refractivity contribution is 7.92. The van der Waals surface area contributed by atoms with Gasteiger partial charge in [0.2, 0.25) is 0 Å². The molecule has 0 bridgehead atoms. The molecule has 1 aromatic rings. The van der Waals surface area contributed by atoms with E-state index in [1.54, 1.807) is 26.0 Å². The summed E-state index contributed by atoms with van der Waals surface area (Å²) in [4.78, 5) is 0.381. The van der Waals surface area contributed by atoms with Crippen molar-refractivity contribution in [1.82, 2.24) is 0 Å². The minimum Gasteiger partial charge on any atom is -0.223 e. The molecule has 0 saturated carbocycles. The largest absolute Gasteiger partial charge is 0.223 e. The molecule has 0 atom stereocenters. The van der Waals surface area contributed by atoms with Crippen LogP contribution in [0.4, 0.5) is 0 Å². The lowest BCUT2D eigenvalue weighted by Gasteiger charge is -2.08. The summed E-state index contributed by atoms with van der Waals surface area (Å²) in [5.74, 6) is 2.56. The Labute approximate surface area is 97.6 Å². The molecule has 16 heavy (non-hydrogen) atoms. The Morgan fingerprint density at radius 1 is 1.25 bits per heavy atom. The van der Waals surface area contributed by atoms with Gasteiger partial charge in [0.25, 0.3) is 0 Å². The van der Waals surface area contributed by atoms with E-state index in [9.17, 15) is 8.42 Å². The van der Waals surface area contributed by atoms with Crippen molar-refractivity contribution >= 4 is 9.84 Å². The van der Waals surface area contributed by atoms with Crippen LogP contribution in [0.2, 0.25) is 0 Å². The Balaban J connectivity index is 2.92. The van der Waals surface area contributed by atoms with Gasteiger partial charge in [-0.3, -0.25) is 0 Å². The molecular formula is C13H16O2S. The zero-order valence-electron chi connectivity index (χ0n) is 9.60. The smallest absolute Gasteiger partial charge is 0.180 e. The second-order valence-corrected chi connectivity index (χ2v) is 6.45. The van der Waals surface area contributed by atoms with Gasteiger partial charge in [0, 0.05) is 6.42 Å². The van der Waals surface area contributed by atoms with E-state index in [0.717, 1.165) is 12.0 Å². The van der Waals surface area contributed by atoms with Gasteiger partial charge in [-0.2, -0.15) is 0 Å². The maximum atomic E-state index is 11.8. The minimum absolute atomic E-state index is 0.381. The molecule has 0 radical (unpaired) electrons. The van der Waals surface area contributed by atoms with Gasteiger partial charge in [-0.25, -0.2) is 8.42 Å². The molecule has 0 aromatic heterocycles. The molecule has 0 saturated heterocycles. The maximum Gasteiger partial charge on any atom is 0.180 e. The van der Waals surface area contributed by atoms with Crippen molar-refractivity contribution in [2.45, 2.75) is 36.8 Å². The molecule has 3 heteroatoms. The number of aryl methyl sites for hydroxylation is 1. The number of terminal acetylenes is 1. The zero-order valence-corrected chi connectivity index (χ0v) is 10.4. The fraction of sp³-hybridized carbons (Fsp3) is 0.385. The van der Waals surface area contributed by atoms with E-state index >= 15 is 0 Å². The van der Waals surface area contributed by atoms with Gasteiger partial charge >= 0.3 is 0 Å². The third-order valence-electron chi connectivity index (χ3n) is 2.43. The van der Waals surface area contributed by atoms with E-state index in [-0.39, 0.29) is 5.25 Å². The first-order valence-electron chi connectivity index (χ1n) is 5.25. The van der Waals surface area contributed by atoms with Crippen molar-refractivity contribution in [1.29, 1.82) is 0 Å². The van der Waals surface area contributed by atoms with Crippen molar-refractivity contribution in [2.24, 2.45) is 0 Å². The number of sulfone groups is 1. The highest BCUT2D eigenvalue weighted by Crippen LogP contribution is 2.16. The van der Waals surface area contributed by atoms with Crippen LogP contribution in [0.3, 0.4) is 0 Å². The van der Waals surface area contributed by atoms with E-state index in [1.165, 1.54) is 0 Å².